The van der Waals surface area contributed by atoms with Gasteiger partial charge in [-0.25, -0.2) is 0 Å². The zero-order chi connectivity index (χ0) is 24.5. The Morgan fingerprint density at radius 2 is 0.824 bits per heavy atom. The Hall–Kier alpha value is -1.54. The second-order valence-corrected chi connectivity index (χ2v) is 8.11. The molecule has 0 aliphatic heterocycles. The SMILES string of the molecule is CCCCCCOCCOCCOc1cc(OC)cc(OCCOCCOCCCCCC)c1. The molecule has 0 bridgehead atoms. The van der Waals surface area contributed by atoms with Gasteiger partial charge in [0.1, 0.15) is 30.5 Å². The molecule has 0 aliphatic carbocycles. The molecule has 0 heterocycles. The standard InChI is InChI=1S/C27H48O7/c1-4-6-8-10-12-29-14-16-31-18-20-33-26-22-25(28-3)23-27(24-26)34-21-19-32-17-15-30-13-11-9-7-5-2/h22-24H,4-21H2,1-3H3. The summed E-state index contributed by atoms with van der Waals surface area (Å²) in [6, 6.07) is 5.52. The van der Waals surface area contributed by atoms with E-state index in [1.807, 2.05) is 18.2 Å². The van der Waals surface area contributed by atoms with E-state index >= 15 is 0 Å². The summed E-state index contributed by atoms with van der Waals surface area (Å²) >= 11 is 0. The number of hydrogen-bond donors (Lipinski definition) is 0. The fourth-order valence-electron chi connectivity index (χ4n) is 3.17. The molecule has 0 aromatic heterocycles. The second-order valence-electron chi connectivity index (χ2n) is 8.11. The fraction of sp³-hybridized carbons (Fsp3) is 0.778. The number of unbranched alkanes of at least 4 members (excludes halogenated alkanes) is 6. The Morgan fingerprint density at radius 3 is 1.24 bits per heavy atom. The van der Waals surface area contributed by atoms with Crippen LogP contribution in [0.4, 0.5) is 0 Å². The Morgan fingerprint density at radius 1 is 0.441 bits per heavy atom. The van der Waals surface area contributed by atoms with Gasteiger partial charge in [0.05, 0.1) is 46.8 Å². The van der Waals surface area contributed by atoms with Gasteiger partial charge in [0.15, 0.2) is 0 Å². The Labute approximate surface area is 207 Å². The van der Waals surface area contributed by atoms with E-state index in [0.717, 1.165) is 26.1 Å². The lowest BCUT2D eigenvalue weighted by Crippen LogP contribution is -2.12. The lowest BCUT2D eigenvalue weighted by atomic mass is 10.2. The highest BCUT2D eigenvalue weighted by atomic mass is 16.6. The van der Waals surface area contributed by atoms with E-state index in [9.17, 15) is 0 Å². The van der Waals surface area contributed by atoms with Gasteiger partial charge in [0.25, 0.3) is 0 Å². The van der Waals surface area contributed by atoms with Crippen molar-refractivity contribution >= 4 is 0 Å². The molecule has 0 saturated heterocycles. The van der Waals surface area contributed by atoms with E-state index in [-0.39, 0.29) is 0 Å². The summed E-state index contributed by atoms with van der Waals surface area (Å²) in [7, 11) is 1.62. The molecule has 0 aliphatic rings. The zero-order valence-corrected chi connectivity index (χ0v) is 21.8. The van der Waals surface area contributed by atoms with Crippen LogP contribution in [0.25, 0.3) is 0 Å². The minimum Gasteiger partial charge on any atom is -0.496 e. The maximum atomic E-state index is 5.79. The number of methoxy groups -OCH3 is 1. The van der Waals surface area contributed by atoms with E-state index in [1.165, 1.54) is 38.5 Å². The van der Waals surface area contributed by atoms with Crippen molar-refractivity contribution in [1.82, 2.24) is 0 Å². The van der Waals surface area contributed by atoms with Gasteiger partial charge in [-0.2, -0.15) is 0 Å². The number of rotatable bonds is 25. The minimum atomic E-state index is 0.449. The molecule has 0 fully saturated rings. The van der Waals surface area contributed by atoms with Crippen molar-refractivity contribution in [2.45, 2.75) is 65.2 Å². The Bertz CT molecular complexity index is 524. The van der Waals surface area contributed by atoms with Gasteiger partial charge >= 0.3 is 0 Å². The molecule has 34 heavy (non-hydrogen) atoms. The van der Waals surface area contributed by atoms with Gasteiger partial charge in [0.2, 0.25) is 0 Å². The highest BCUT2D eigenvalue weighted by molar-refractivity contribution is 5.42. The van der Waals surface area contributed by atoms with Crippen LogP contribution in [0.1, 0.15) is 65.2 Å². The molecule has 1 rings (SSSR count). The molecule has 0 unspecified atom stereocenters. The normalized spacial score (nSPS) is 11.0. The third-order valence-corrected chi connectivity index (χ3v) is 5.11. The molecule has 198 valence electrons. The van der Waals surface area contributed by atoms with Crippen molar-refractivity contribution in [3.05, 3.63) is 18.2 Å². The van der Waals surface area contributed by atoms with Crippen molar-refractivity contribution in [1.29, 1.82) is 0 Å². The van der Waals surface area contributed by atoms with Crippen LogP contribution in [0.2, 0.25) is 0 Å². The van der Waals surface area contributed by atoms with Crippen molar-refractivity contribution in [2.75, 3.05) is 73.2 Å². The van der Waals surface area contributed by atoms with Crippen molar-refractivity contribution in [2.24, 2.45) is 0 Å². The first-order valence-electron chi connectivity index (χ1n) is 13.1. The maximum Gasteiger partial charge on any atom is 0.126 e. The summed E-state index contributed by atoms with van der Waals surface area (Å²) < 4.78 is 39.2. The third kappa shape index (κ3) is 17.9. The molecule has 0 atom stereocenters. The van der Waals surface area contributed by atoms with Gasteiger partial charge in [-0.15, -0.1) is 0 Å². The summed E-state index contributed by atoms with van der Waals surface area (Å²) in [5.41, 5.74) is 0. The van der Waals surface area contributed by atoms with E-state index in [0.29, 0.717) is 70.1 Å². The van der Waals surface area contributed by atoms with Crippen molar-refractivity contribution in [3.8, 4) is 17.2 Å². The molecule has 0 saturated carbocycles. The van der Waals surface area contributed by atoms with E-state index in [1.54, 1.807) is 7.11 Å². The predicted molar refractivity (Wildman–Crippen MR) is 136 cm³/mol. The molecule has 0 radical (unpaired) electrons. The summed E-state index contributed by atoms with van der Waals surface area (Å²) in [5, 5.41) is 0. The molecule has 0 amide bonds. The zero-order valence-electron chi connectivity index (χ0n) is 21.8. The molecule has 1 aromatic carbocycles. The van der Waals surface area contributed by atoms with Gasteiger partial charge in [-0.1, -0.05) is 52.4 Å². The first-order valence-corrected chi connectivity index (χ1v) is 13.1. The highest BCUT2D eigenvalue weighted by Gasteiger charge is 2.04. The fourth-order valence-corrected chi connectivity index (χ4v) is 3.17. The second kappa shape index (κ2) is 23.2. The summed E-state index contributed by atoms with van der Waals surface area (Å²) in [6.45, 7) is 10.3. The summed E-state index contributed by atoms with van der Waals surface area (Å²) in [4.78, 5) is 0. The van der Waals surface area contributed by atoms with Crippen LogP contribution in [0.15, 0.2) is 18.2 Å². The molecular formula is C27H48O7. The predicted octanol–water partition coefficient (Wildman–Crippen LogP) is 5.68. The van der Waals surface area contributed by atoms with Crippen LogP contribution in [0.3, 0.4) is 0 Å². The first kappa shape index (κ1) is 30.5. The van der Waals surface area contributed by atoms with E-state index < -0.39 is 0 Å². The third-order valence-electron chi connectivity index (χ3n) is 5.11. The van der Waals surface area contributed by atoms with E-state index in [2.05, 4.69) is 13.8 Å². The van der Waals surface area contributed by atoms with Crippen LogP contribution in [-0.4, -0.2) is 73.2 Å². The van der Waals surface area contributed by atoms with Crippen LogP contribution < -0.4 is 14.2 Å². The Kier molecular flexibility index (Phi) is 20.8. The molecule has 0 spiro atoms. The highest BCUT2D eigenvalue weighted by Crippen LogP contribution is 2.27. The summed E-state index contributed by atoms with van der Waals surface area (Å²) in [5.74, 6) is 2.05. The van der Waals surface area contributed by atoms with Gasteiger partial charge in [-0.3, -0.25) is 0 Å². The first-order chi connectivity index (χ1) is 16.8. The minimum absolute atomic E-state index is 0.449. The number of benzene rings is 1. The largest absolute Gasteiger partial charge is 0.496 e. The monoisotopic (exact) mass is 484 g/mol. The lowest BCUT2D eigenvalue weighted by molar-refractivity contribution is 0.0344. The molecule has 1 aromatic rings. The molecule has 7 heteroatoms. The van der Waals surface area contributed by atoms with Crippen LogP contribution >= 0.6 is 0 Å². The van der Waals surface area contributed by atoms with Crippen molar-refractivity contribution < 1.29 is 33.2 Å². The molecule has 7 nitrogen and oxygen atoms in total. The van der Waals surface area contributed by atoms with Gasteiger partial charge in [0, 0.05) is 31.4 Å². The van der Waals surface area contributed by atoms with Crippen LogP contribution in [0.5, 0.6) is 17.2 Å². The molecular weight excluding hydrogens is 436 g/mol. The van der Waals surface area contributed by atoms with E-state index in [4.69, 9.17) is 33.2 Å². The molecule has 0 N–H and O–H groups in total. The lowest BCUT2D eigenvalue weighted by Gasteiger charge is -2.12. The van der Waals surface area contributed by atoms with Crippen LogP contribution in [-0.2, 0) is 18.9 Å². The smallest absolute Gasteiger partial charge is 0.126 e. The number of hydrogen-bond acceptors (Lipinski definition) is 7. The average molecular weight is 485 g/mol. The maximum absolute atomic E-state index is 5.79. The quantitative estimate of drug-likeness (QED) is 0.165. The number of ether oxygens (including phenoxy) is 7. The van der Waals surface area contributed by atoms with Gasteiger partial charge in [-0.05, 0) is 12.8 Å². The van der Waals surface area contributed by atoms with Crippen LogP contribution in [0, 0.1) is 0 Å². The van der Waals surface area contributed by atoms with Gasteiger partial charge < -0.3 is 33.2 Å². The topological polar surface area (TPSA) is 64.6 Å². The summed E-state index contributed by atoms with van der Waals surface area (Å²) in [6.07, 6.45) is 9.75. The average Bonchev–Trinajstić information content (AvgIpc) is 2.85. The van der Waals surface area contributed by atoms with Crippen molar-refractivity contribution in [3.63, 3.8) is 0 Å². The Balaban J connectivity index is 2.10.